The molecule has 2 aliphatic carbocycles. The predicted octanol–water partition coefficient (Wildman–Crippen LogP) is 4.36. The maximum atomic E-state index is 12.9. The van der Waals surface area contributed by atoms with E-state index >= 15 is 0 Å². The van der Waals surface area contributed by atoms with Crippen molar-refractivity contribution in [2.45, 2.75) is 84.5 Å². The fourth-order valence-electron chi connectivity index (χ4n) is 4.83. The summed E-state index contributed by atoms with van der Waals surface area (Å²) in [5, 5.41) is 0. The highest BCUT2D eigenvalue weighted by molar-refractivity contribution is 6.03. The van der Waals surface area contributed by atoms with Crippen molar-refractivity contribution < 1.29 is 19.1 Å². The van der Waals surface area contributed by atoms with Crippen molar-refractivity contribution >= 4 is 11.6 Å². The molecule has 0 aromatic carbocycles. The van der Waals surface area contributed by atoms with Gasteiger partial charge in [0.25, 0.3) is 0 Å². The number of carbonyl (C=O) groups is 2. The van der Waals surface area contributed by atoms with Gasteiger partial charge in [0.15, 0.2) is 5.78 Å². The molecule has 0 amide bonds. The number of carbonyl (C=O) groups excluding carboxylic acids is 2. The number of hydrogen-bond acceptors (Lipinski definition) is 4. The molecule has 1 saturated heterocycles. The van der Waals surface area contributed by atoms with E-state index in [-0.39, 0.29) is 47.1 Å². The summed E-state index contributed by atoms with van der Waals surface area (Å²) in [6.45, 7) is 14.3. The maximum Gasteiger partial charge on any atom is 0.159 e. The van der Waals surface area contributed by atoms with Gasteiger partial charge in [-0.3, -0.25) is 9.59 Å². The molecular weight excluding hydrogens is 328 g/mol. The van der Waals surface area contributed by atoms with Crippen LogP contribution >= 0.6 is 0 Å². The second-order valence-corrected chi connectivity index (χ2v) is 8.38. The molecule has 26 heavy (non-hydrogen) atoms. The van der Waals surface area contributed by atoms with Gasteiger partial charge in [-0.2, -0.15) is 0 Å². The van der Waals surface area contributed by atoms with Crippen molar-refractivity contribution in [2.75, 3.05) is 7.11 Å². The third-order valence-corrected chi connectivity index (χ3v) is 6.71. The molecule has 0 spiro atoms. The summed E-state index contributed by atoms with van der Waals surface area (Å²) in [6, 6.07) is 0. The van der Waals surface area contributed by atoms with E-state index in [1.807, 2.05) is 20.8 Å². The van der Waals surface area contributed by atoms with Crippen molar-refractivity contribution in [3.8, 4) is 0 Å². The summed E-state index contributed by atoms with van der Waals surface area (Å²) >= 11 is 0. The predicted molar refractivity (Wildman–Crippen MR) is 103 cm³/mol. The van der Waals surface area contributed by atoms with Gasteiger partial charge >= 0.3 is 0 Å². The number of rotatable bonds is 1. The Bertz CT molecular complexity index is 554. The van der Waals surface area contributed by atoms with E-state index in [4.69, 9.17) is 9.47 Å². The van der Waals surface area contributed by atoms with Crippen LogP contribution in [0.15, 0.2) is 12.2 Å². The van der Waals surface area contributed by atoms with Gasteiger partial charge in [-0.25, -0.2) is 0 Å². The second-order valence-electron chi connectivity index (χ2n) is 8.38. The van der Waals surface area contributed by atoms with E-state index in [0.29, 0.717) is 24.3 Å². The van der Waals surface area contributed by atoms with Crippen molar-refractivity contribution in [1.82, 2.24) is 0 Å². The molecule has 2 saturated carbocycles. The first kappa shape index (κ1) is 21.3. The molecular formula is C22H36O4. The Morgan fingerprint density at radius 3 is 2.46 bits per heavy atom. The summed E-state index contributed by atoms with van der Waals surface area (Å²) in [5.41, 5.74) is 0.151. The van der Waals surface area contributed by atoms with Crippen LogP contribution < -0.4 is 0 Å². The third kappa shape index (κ3) is 4.12. The zero-order chi connectivity index (χ0) is 19.6. The van der Waals surface area contributed by atoms with Gasteiger partial charge < -0.3 is 9.47 Å². The molecule has 3 aliphatic rings. The van der Waals surface area contributed by atoms with Crippen LogP contribution in [0, 0.1) is 23.7 Å². The SMILES string of the molecule is C=C1C(=O)CC2CC(OC)C(C)CCC3OC3(C)CC(=O)C1[C@@H]2C.CC. The molecule has 4 nitrogen and oxygen atoms in total. The number of epoxide rings is 1. The molecule has 1 aliphatic heterocycles. The van der Waals surface area contributed by atoms with Crippen LogP contribution in [0.1, 0.15) is 66.7 Å². The van der Waals surface area contributed by atoms with E-state index in [9.17, 15) is 9.59 Å². The molecule has 0 radical (unpaired) electrons. The Labute approximate surface area is 158 Å². The number of hydrogen-bond donors (Lipinski definition) is 0. The van der Waals surface area contributed by atoms with Crippen molar-refractivity contribution in [3.63, 3.8) is 0 Å². The Hall–Kier alpha value is -1.00. The Morgan fingerprint density at radius 2 is 1.85 bits per heavy atom. The monoisotopic (exact) mass is 364 g/mol. The lowest BCUT2D eigenvalue weighted by Gasteiger charge is -2.38. The molecule has 4 heteroatoms. The van der Waals surface area contributed by atoms with Crippen LogP contribution in [-0.4, -0.2) is 36.5 Å². The quantitative estimate of drug-likeness (QED) is 0.512. The largest absolute Gasteiger partial charge is 0.381 e. The third-order valence-electron chi connectivity index (χ3n) is 6.71. The molecule has 3 rings (SSSR count). The van der Waals surface area contributed by atoms with Crippen LogP contribution in [-0.2, 0) is 19.1 Å². The Balaban J connectivity index is 0.00000117. The lowest BCUT2D eigenvalue weighted by atomic mass is 9.65. The molecule has 0 aromatic rings. The molecule has 7 atom stereocenters. The highest BCUT2D eigenvalue weighted by Crippen LogP contribution is 2.47. The van der Waals surface area contributed by atoms with E-state index < -0.39 is 0 Å². The first-order valence-electron chi connectivity index (χ1n) is 10.2. The summed E-state index contributed by atoms with van der Waals surface area (Å²) in [7, 11) is 1.75. The summed E-state index contributed by atoms with van der Waals surface area (Å²) < 4.78 is 11.6. The minimum absolute atomic E-state index is 0.0504. The lowest BCUT2D eigenvalue weighted by molar-refractivity contribution is -0.130. The van der Waals surface area contributed by atoms with Crippen LogP contribution in [0.2, 0.25) is 0 Å². The highest BCUT2D eigenvalue weighted by atomic mass is 16.6. The zero-order valence-corrected chi connectivity index (χ0v) is 17.3. The Kier molecular flexibility index (Phi) is 6.84. The molecule has 1 heterocycles. The first-order valence-corrected chi connectivity index (χ1v) is 10.2. The van der Waals surface area contributed by atoms with Crippen molar-refractivity contribution in [3.05, 3.63) is 12.2 Å². The summed E-state index contributed by atoms with van der Waals surface area (Å²) in [4.78, 5) is 25.4. The first-order chi connectivity index (χ1) is 12.3. The lowest BCUT2D eigenvalue weighted by Crippen LogP contribution is -2.41. The highest BCUT2D eigenvalue weighted by Gasteiger charge is 2.55. The van der Waals surface area contributed by atoms with Crippen LogP contribution in [0.5, 0.6) is 0 Å². The topological polar surface area (TPSA) is 55.9 Å². The molecule has 3 fully saturated rings. The number of ketones is 2. The van der Waals surface area contributed by atoms with Gasteiger partial charge in [0.1, 0.15) is 5.78 Å². The minimum atomic E-state index is -0.356. The zero-order valence-electron chi connectivity index (χ0n) is 17.3. The van der Waals surface area contributed by atoms with Crippen molar-refractivity contribution in [1.29, 1.82) is 0 Å². The van der Waals surface area contributed by atoms with Gasteiger partial charge in [-0.05, 0) is 49.5 Å². The second kappa shape index (κ2) is 8.35. The summed E-state index contributed by atoms with van der Waals surface area (Å²) in [6.07, 6.45) is 4.00. The fourth-order valence-corrected chi connectivity index (χ4v) is 4.83. The van der Waals surface area contributed by atoms with Gasteiger partial charge in [0.05, 0.1) is 17.8 Å². The number of methoxy groups -OCH3 is 1. The van der Waals surface area contributed by atoms with Crippen LogP contribution in [0.4, 0.5) is 0 Å². The maximum absolute atomic E-state index is 12.9. The van der Waals surface area contributed by atoms with E-state index in [1.54, 1.807) is 7.11 Å². The average molecular weight is 365 g/mol. The van der Waals surface area contributed by atoms with E-state index in [2.05, 4.69) is 20.4 Å². The normalized spacial score (nSPS) is 43.4. The van der Waals surface area contributed by atoms with Gasteiger partial charge in [-0.1, -0.05) is 34.3 Å². The number of allylic oxidation sites excluding steroid dienone is 1. The minimum Gasteiger partial charge on any atom is -0.381 e. The Morgan fingerprint density at radius 1 is 1.19 bits per heavy atom. The fraction of sp³-hybridized carbons (Fsp3) is 0.818. The molecule has 0 N–H and O–H groups in total. The molecule has 0 aromatic heterocycles. The van der Waals surface area contributed by atoms with E-state index in [0.717, 1.165) is 19.3 Å². The standard InChI is InChI=1S/C20H30O4.C2H6/c1-11-6-7-18-20(4,24-18)10-16(22)19-12(2)14(9-17(11)23-5)8-15(21)13(19)3;1-2/h11-12,14,17-19H,3,6-10H2,1-2,4-5H3;1-2H3/t11?,12-,14?,17?,18?,19?,20?;/m1./s1. The summed E-state index contributed by atoms with van der Waals surface area (Å²) in [5.74, 6) is 0.558. The number of Topliss-reactive ketones (excluding diaryl/α,β-unsaturated/α-hetero) is 2. The van der Waals surface area contributed by atoms with Crippen molar-refractivity contribution in [2.24, 2.45) is 23.7 Å². The van der Waals surface area contributed by atoms with Gasteiger partial charge in [-0.15, -0.1) is 0 Å². The van der Waals surface area contributed by atoms with Gasteiger partial charge in [0.2, 0.25) is 0 Å². The average Bonchev–Trinajstić information content (AvgIpc) is 3.25. The van der Waals surface area contributed by atoms with Crippen LogP contribution in [0.3, 0.4) is 0 Å². The van der Waals surface area contributed by atoms with E-state index in [1.165, 1.54) is 0 Å². The smallest absolute Gasteiger partial charge is 0.159 e. The number of fused-ring (bicyclic) bond motifs is 3. The molecule has 2 bridgehead atoms. The number of ether oxygens (including phenoxy) is 2. The molecule has 148 valence electrons. The molecule has 6 unspecified atom stereocenters. The van der Waals surface area contributed by atoms with Gasteiger partial charge in [0, 0.05) is 25.9 Å². The van der Waals surface area contributed by atoms with Crippen LogP contribution in [0.25, 0.3) is 0 Å².